The molecule has 1 saturated carbocycles. The lowest BCUT2D eigenvalue weighted by Crippen LogP contribution is -2.63. The minimum absolute atomic E-state index is 0.181. The number of benzene rings is 2. The molecule has 220 valence electrons. The quantitative estimate of drug-likeness (QED) is 0.226. The van der Waals surface area contributed by atoms with Crippen molar-refractivity contribution in [2.24, 2.45) is 0 Å². The van der Waals surface area contributed by atoms with Gasteiger partial charge in [-0.2, -0.15) is 26.3 Å². The third-order valence-corrected chi connectivity index (χ3v) is 12.0. The van der Waals surface area contributed by atoms with Gasteiger partial charge < -0.3 is 18.9 Å². The van der Waals surface area contributed by atoms with Crippen LogP contribution in [0.1, 0.15) is 25.0 Å². The van der Waals surface area contributed by atoms with Gasteiger partial charge in [-0.25, -0.2) is 0 Å². The largest absolute Gasteiger partial charge is 0.380 e. The van der Waals surface area contributed by atoms with Crippen molar-refractivity contribution in [1.29, 1.82) is 0 Å². The standard InChI is InChI=1S/C29H26F6O4S2/c1-15(38-13-36-3)25-21(17-9-5-7-11-19(17)40-25)23-24(28(32,33)29(34,35)27(23,30)31)22-18-10-6-8-12-20(18)41-26(22,25)16(2)39-14-37-4/h5-12,15-16H,13-14H2,1-4H3/t15-,16-,25+,26+/m1/s1. The molecule has 0 N–H and O–H groups in total. The van der Waals surface area contributed by atoms with Crippen molar-refractivity contribution in [2.45, 2.75) is 63.1 Å². The normalized spacial score (nSPS) is 29.5. The topological polar surface area (TPSA) is 36.9 Å². The maximum absolute atomic E-state index is 16.1. The predicted molar refractivity (Wildman–Crippen MR) is 144 cm³/mol. The van der Waals surface area contributed by atoms with Crippen molar-refractivity contribution >= 4 is 34.7 Å². The highest BCUT2D eigenvalue weighted by Gasteiger charge is 2.86. The second-order valence-corrected chi connectivity index (χ2v) is 12.9. The Morgan fingerprint density at radius 1 is 0.610 bits per heavy atom. The number of methoxy groups -OCH3 is 2. The summed E-state index contributed by atoms with van der Waals surface area (Å²) in [6.07, 6.45) is -2.01. The molecule has 4 aliphatic rings. The molecule has 0 unspecified atom stereocenters. The zero-order valence-corrected chi connectivity index (χ0v) is 24.0. The minimum atomic E-state index is -5.69. The van der Waals surface area contributed by atoms with Crippen LogP contribution in [0, 0.1) is 0 Å². The average molecular weight is 617 g/mol. The summed E-state index contributed by atoms with van der Waals surface area (Å²) < 4.78 is 114. The fourth-order valence-electron chi connectivity index (χ4n) is 6.68. The van der Waals surface area contributed by atoms with E-state index >= 15 is 26.3 Å². The predicted octanol–water partition coefficient (Wildman–Crippen LogP) is 7.53. The Labute approximate surface area is 241 Å². The summed E-state index contributed by atoms with van der Waals surface area (Å²) in [5.41, 5.74) is -2.93. The maximum Gasteiger partial charge on any atom is 0.380 e. The molecule has 0 amide bonds. The van der Waals surface area contributed by atoms with Gasteiger partial charge in [0.2, 0.25) is 0 Å². The lowest BCUT2D eigenvalue weighted by Gasteiger charge is -2.55. The maximum atomic E-state index is 16.1. The zero-order chi connectivity index (χ0) is 29.6. The van der Waals surface area contributed by atoms with Gasteiger partial charge in [-0.15, -0.1) is 23.5 Å². The van der Waals surface area contributed by atoms with Crippen molar-refractivity contribution in [1.82, 2.24) is 0 Å². The molecule has 2 aliphatic carbocycles. The monoisotopic (exact) mass is 616 g/mol. The summed E-state index contributed by atoms with van der Waals surface area (Å²) in [6, 6.07) is 12.8. The molecule has 4 nitrogen and oxygen atoms in total. The van der Waals surface area contributed by atoms with Crippen molar-refractivity contribution < 1.29 is 45.3 Å². The van der Waals surface area contributed by atoms with E-state index in [2.05, 4.69) is 0 Å². The number of hydrogen-bond donors (Lipinski definition) is 0. The van der Waals surface area contributed by atoms with Crippen LogP contribution < -0.4 is 0 Å². The molecule has 2 aliphatic heterocycles. The molecule has 6 rings (SSSR count). The molecular weight excluding hydrogens is 590 g/mol. The van der Waals surface area contributed by atoms with E-state index in [4.69, 9.17) is 18.9 Å². The Hall–Kier alpha value is -1.96. The van der Waals surface area contributed by atoms with Crippen LogP contribution in [0.4, 0.5) is 26.3 Å². The van der Waals surface area contributed by atoms with E-state index in [0.717, 1.165) is 23.5 Å². The van der Waals surface area contributed by atoms with Crippen LogP contribution in [0.2, 0.25) is 0 Å². The highest BCUT2D eigenvalue weighted by Crippen LogP contribution is 2.79. The summed E-state index contributed by atoms with van der Waals surface area (Å²) in [7, 11) is 2.77. The number of alkyl halides is 6. The van der Waals surface area contributed by atoms with Gasteiger partial charge in [-0.05, 0) is 48.3 Å². The fraction of sp³-hybridized carbons (Fsp3) is 0.448. The van der Waals surface area contributed by atoms with Gasteiger partial charge >= 0.3 is 17.8 Å². The number of ether oxygens (including phenoxy) is 4. The van der Waals surface area contributed by atoms with Crippen molar-refractivity contribution in [3.8, 4) is 0 Å². The molecule has 41 heavy (non-hydrogen) atoms. The van der Waals surface area contributed by atoms with Crippen LogP contribution in [0.15, 0.2) is 69.5 Å². The Kier molecular flexibility index (Phi) is 6.76. The third kappa shape index (κ3) is 3.37. The van der Waals surface area contributed by atoms with Crippen LogP contribution in [-0.4, -0.2) is 67.3 Å². The zero-order valence-electron chi connectivity index (χ0n) is 22.4. The Morgan fingerprint density at radius 3 is 1.34 bits per heavy atom. The molecule has 0 bridgehead atoms. The SMILES string of the molecule is COCO[C@H](C)[C@]12Sc3ccccc3C1=C1C(=C3c4ccccc4S[C@@]32[C@@H](C)OCOC)C(F)(F)C(F)(F)C1(F)F. The number of allylic oxidation sites excluding steroid dienone is 2. The van der Waals surface area contributed by atoms with Gasteiger partial charge in [0, 0.05) is 35.2 Å². The van der Waals surface area contributed by atoms with Crippen LogP contribution in [0.3, 0.4) is 0 Å². The number of hydrogen-bond acceptors (Lipinski definition) is 6. The molecule has 0 aromatic heterocycles. The van der Waals surface area contributed by atoms with E-state index in [1.54, 1.807) is 50.2 Å². The van der Waals surface area contributed by atoms with E-state index < -0.39 is 50.6 Å². The van der Waals surface area contributed by atoms with E-state index in [9.17, 15) is 0 Å². The number of rotatable bonds is 8. The highest BCUT2D eigenvalue weighted by atomic mass is 32.2. The molecule has 1 fully saturated rings. The van der Waals surface area contributed by atoms with Gasteiger partial charge in [0.25, 0.3) is 0 Å². The summed E-state index contributed by atoms with van der Waals surface area (Å²) in [6.45, 7) is 2.74. The second kappa shape index (κ2) is 9.52. The second-order valence-electron chi connectivity index (χ2n) is 10.3. The van der Waals surface area contributed by atoms with Gasteiger partial charge in [-0.3, -0.25) is 0 Å². The van der Waals surface area contributed by atoms with E-state index in [-0.39, 0.29) is 35.9 Å². The first-order chi connectivity index (χ1) is 19.4. The molecule has 2 aromatic carbocycles. The van der Waals surface area contributed by atoms with E-state index in [0.29, 0.717) is 9.79 Å². The lowest BCUT2D eigenvalue weighted by molar-refractivity contribution is -0.257. The number of fused-ring (bicyclic) bond motifs is 8. The van der Waals surface area contributed by atoms with Crippen molar-refractivity contribution in [3.63, 3.8) is 0 Å². The van der Waals surface area contributed by atoms with Crippen LogP contribution in [0.25, 0.3) is 11.1 Å². The lowest BCUT2D eigenvalue weighted by atomic mass is 9.63. The summed E-state index contributed by atoms with van der Waals surface area (Å²) in [5.74, 6) is -16.1. The summed E-state index contributed by atoms with van der Waals surface area (Å²) in [4.78, 5) is 0.959. The first-order valence-electron chi connectivity index (χ1n) is 12.8. The smallest absolute Gasteiger partial charge is 0.359 e. The molecule has 0 saturated heterocycles. The molecule has 2 heterocycles. The van der Waals surface area contributed by atoms with Gasteiger partial charge in [0.15, 0.2) is 0 Å². The molecule has 12 heteroatoms. The van der Waals surface area contributed by atoms with Gasteiger partial charge in [0.1, 0.15) is 13.6 Å². The third-order valence-electron chi connectivity index (χ3n) is 8.33. The summed E-state index contributed by atoms with van der Waals surface area (Å²) >= 11 is 2.29. The van der Waals surface area contributed by atoms with E-state index in [1.807, 2.05) is 0 Å². The number of halogens is 6. The number of thioether (sulfide) groups is 2. The van der Waals surface area contributed by atoms with Crippen LogP contribution >= 0.6 is 23.5 Å². The molecular formula is C29H26F6O4S2. The molecule has 0 spiro atoms. The average Bonchev–Trinajstić information content (AvgIpc) is 3.51. The van der Waals surface area contributed by atoms with Crippen LogP contribution in [-0.2, 0) is 18.9 Å². The van der Waals surface area contributed by atoms with Crippen LogP contribution in [0.5, 0.6) is 0 Å². The van der Waals surface area contributed by atoms with E-state index in [1.165, 1.54) is 26.4 Å². The first kappa shape index (κ1) is 29.1. The Balaban J connectivity index is 1.84. The fourth-order valence-corrected chi connectivity index (χ4v) is 10.4. The van der Waals surface area contributed by atoms with Gasteiger partial charge in [0.05, 0.1) is 21.7 Å². The van der Waals surface area contributed by atoms with Crippen molar-refractivity contribution in [2.75, 3.05) is 27.8 Å². The summed E-state index contributed by atoms with van der Waals surface area (Å²) in [5, 5.41) is 0. The van der Waals surface area contributed by atoms with Crippen molar-refractivity contribution in [3.05, 3.63) is 70.8 Å². The minimum Gasteiger partial charge on any atom is -0.359 e. The van der Waals surface area contributed by atoms with Gasteiger partial charge in [-0.1, -0.05) is 36.4 Å². The molecule has 0 radical (unpaired) electrons. The molecule has 4 atom stereocenters. The first-order valence-corrected chi connectivity index (χ1v) is 14.4. The Morgan fingerprint density at radius 2 is 0.976 bits per heavy atom. The highest BCUT2D eigenvalue weighted by molar-refractivity contribution is 8.06. The Bertz CT molecular complexity index is 1370. The molecule has 2 aromatic rings.